The number of aromatic nitrogens is 3. The fraction of sp³-hybridized carbons (Fsp3) is 0. The van der Waals surface area contributed by atoms with E-state index in [-0.39, 0.29) is 0 Å². The third kappa shape index (κ3) is 8.04. The summed E-state index contributed by atoms with van der Waals surface area (Å²) in [5.74, 6) is 0.666. The van der Waals surface area contributed by atoms with Crippen molar-refractivity contribution in [1.82, 2.24) is 14.6 Å². The quantitative estimate of drug-likeness (QED) is 0.0972. The number of pyridine rings is 1. The van der Waals surface area contributed by atoms with Gasteiger partial charge in [0.2, 0.25) is 0 Å². The first-order valence-corrected chi connectivity index (χ1v) is 19.9. The van der Waals surface area contributed by atoms with E-state index in [1.54, 1.807) is 6.08 Å². The first-order chi connectivity index (χ1) is 29.2. The van der Waals surface area contributed by atoms with Gasteiger partial charge in [-0.2, -0.15) is 0 Å². The van der Waals surface area contributed by atoms with Gasteiger partial charge in [-0.25, -0.2) is 9.50 Å². The van der Waals surface area contributed by atoms with Crippen LogP contribution in [0.2, 0.25) is 0 Å². The first kappa shape index (κ1) is 36.7. The lowest BCUT2D eigenvalue weighted by Crippen LogP contribution is -1.97. The van der Waals surface area contributed by atoms with Gasteiger partial charge in [-0.1, -0.05) is 225 Å². The summed E-state index contributed by atoms with van der Waals surface area (Å²) >= 11 is 0. The Bertz CT molecular complexity index is 2840. The van der Waals surface area contributed by atoms with Crippen LogP contribution < -0.4 is 0 Å². The Hall–Kier alpha value is -7.88. The number of benzene rings is 7. The van der Waals surface area contributed by atoms with Crippen molar-refractivity contribution in [3.05, 3.63) is 276 Å². The molecule has 0 radical (unpaired) electrons. The van der Waals surface area contributed by atoms with Gasteiger partial charge in [0.1, 0.15) is 0 Å². The Morgan fingerprint density at radius 2 is 0.915 bits per heavy atom. The molecule has 0 aliphatic rings. The Morgan fingerprint density at radius 3 is 1.39 bits per heavy atom. The summed E-state index contributed by atoms with van der Waals surface area (Å²) in [6, 6.07) is 72.5. The van der Waals surface area contributed by atoms with Gasteiger partial charge >= 0.3 is 0 Å². The normalized spacial score (nSPS) is 11.1. The molecule has 2 heterocycles. The van der Waals surface area contributed by atoms with Gasteiger partial charge in [-0.05, 0) is 78.9 Å². The molecule has 2 aromatic heterocycles. The van der Waals surface area contributed by atoms with Gasteiger partial charge in [0.15, 0.2) is 11.5 Å². The molecule has 0 bridgehead atoms. The fourth-order valence-corrected chi connectivity index (χ4v) is 7.62. The molecule has 7 aromatic carbocycles. The molecule has 0 saturated carbocycles. The van der Waals surface area contributed by atoms with Crippen molar-refractivity contribution < 1.29 is 0 Å². The van der Waals surface area contributed by atoms with Gasteiger partial charge in [0.05, 0.1) is 0 Å². The molecule has 0 amide bonds. The van der Waals surface area contributed by atoms with Crippen molar-refractivity contribution in [3.8, 4) is 22.5 Å². The first-order valence-electron chi connectivity index (χ1n) is 19.9. The average Bonchev–Trinajstić information content (AvgIpc) is 3.74. The summed E-state index contributed by atoms with van der Waals surface area (Å²) in [7, 11) is 0. The molecule has 9 aromatic rings. The molecule has 0 fully saturated rings. The second kappa shape index (κ2) is 17.1. The van der Waals surface area contributed by atoms with Crippen LogP contribution in [0.3, 0.4) is 0 Å². The van der Waals surface area contributed by atoms with Crippen molar-refractivity contribution in [1.29, 1.82) is 0 Å². The summed E-state index contributed by atoms with van der Waals surface area (Å²) in [5, 5.41) is 5.02. The van der Waals surface area contributed by atoms with Crippen LogP contribution in [0.4, 0.5) is 0 Å². The molecule has 59 heavy (non-hydrogen) atoms. The van der Waals surface area contributed by atoms with Crippen LogP contribution in [0, 0.1) is 0 Å². The smallest absolute Gasteiger partial charge is 0.182 e. The maximum absolute atomic E-state index is 5.03. The molecular weight excluding hydrogens is 715 g/mol. The van der Waals surface area contributed by atoms with Gasteiger partial charge < -0.3 is 0 Å². The van der Waals surface area contributed by atoms with Crippen LogP contribution in [0.5, 0.6) is 0 Å². The molecule has 0 atom stereocenters. The molecule has 0 N–H and O–H groups in total. The van der Waals surface area contributed by atoms with E-state index in [2.05, 4.69) is 231 Å². The molecule has 0 aliphatic carbocycles. The predicted octanol–water partition coefficient (Wildman–Crippen LogP) is 13.9. The minimum Gasteiger partial charge on any atom is -0.220 e. The number of nitrogens with zero attached hydrogens (tertiary/aromatic N) is 3. The third-order valence-corrected chi connectivity index (χ3v) is 10.5. The average molecular weight is 756 g/mol. The number of allylic oxidation sites excluding steroid dienone is 2. The zero-order valence-corrected chi connectivity index (χ0v) is 32.6. The maximum atomic E-state index is 5.03. The second-order valence-corrected chi connectivity index (χ2v) is 14.3. The molecule has 9 rings (SSSR count). The van der Waals surface area contributed by atoms with Crippen molar-refractivity contribution in [2.75, 3.05) is 0 Å². The standard InChI is InChI=1S/C56H41N3/c1-2-3-19-50-39-53-57-56(58-59(53)40-52(50)44-32-30-41(31-33-44)38-51(42-20-9-4-10-21-42)43-22-11-5-12-23-43)49-36-34-48(35-37-49)55(47-28-17-8-18-29-47)54(45-24-13-6-14-25-45)46-26-15-7-16-27-46/h2-40H,1H2/b19-3-. The molecule has 0 aliphatic heterocycles. The van der Waals surface area contributed by atoms with Crippen molar-refractivity contribution >= 4 is 34.5 Å². The van der Waals surface area contributed by atoms with Crippen LogP contribution in [0.15, 0.2) is 231 Å². The van der Waals surface area contributed by atoms with Gasteiger partial charge in [-0.15, -0.1) is 5.10 Å². The highest BCUT2D eigenvalue weighted by Crippen LogP contribution is 2.38. The van der Waals surface area contributed by atoms with E-state index in [9.17, 15) is 0 Å². The molecule has 0 spiro atoms. The van der Waals surface area contributed by atoms with Gasteiger partial charge in [-0.3, -0.25) is 0 Å². The molecular formula is C56H41N3. The number of rotatable bonds is 11. The lowest BCUT2D eigenvalue weighted by molar-refractivity contribution is 0.966. The minimum absolute atomic E-state index is 0.666. The van der Waals surface area contributed by atoms with Crippen LogP contribution in [0.25, 0.3) is 57.0 Å². The number of fused-ring (bicyclic) bond motifs is 1. The van der Waals surface area contributed by atoms with E-state index < -0.39 is 0 Å². The predicted molar refractivity (Wildman–Crippen MR) is 247 cm³/mol. The second-order valence-electron chi connectivity index (χ2n) is 14.3. The fourth-order valence-electron chi connectivity index (χ4n) is 7.62. The molecule has 3 heteroatoms. The summed E-state index contributed by atoms with van der Waals surface area (Å²) < 4.78 is 1.89. The Kier molecular flexibility index (Phi) is 10.6. The van der Waals surface area contributed by atoms with Crippen molar-refractivity contribution in [3.63, 3.8) is 0 Å². The van der Waals surface area contributed by atoms with Crippen molar-refractivity contribution in [2.24, 2.45) is 0 Å². The molecule has 280 valence electrons. The van der Waals surface area contributed by atoms with Gasteiger partial charge in [0, 0.05) is 17.3 Å². The van der Waals surface area contributed by atoms with E-state index in [4.69, 9.17) is 10.1 Å². The maximum Gasteiger partial charge on any atom is 0.182 e. The van der Waals surface area contributed by atoms with E-state index in [1.165, 1.54) is 27.8 Å². The Labute approximate surface area is 346 Å². The Balaban J connectivity index is 1.08. The lowest BCUT2D eigenvalue weighted by Gasteiger charge is -2.18. The van der Waals surface area contributed by atoms with E-state index in [0.717, 1.165) is 55.7 Å². The summed E-state index contributed by atoms with van der Waals surface area (Å²) in [5.41, 5.74) is 16.5. The highest BCUT2D eigenvalue weighted by atomic mass is 15.3. The molecule has 3 nitrogen and oxygen atoms in total. The van der Waals surface area contributed by atoms with Crippen LogP contribution >= 0.6 is 0 Å². The largest absolute Gasteiger partial charge is 0.220 e. The van der Waals surface area contributed by atoms with Crippen LogP contribution in [-0.4, -0.2) is 14.6 Å². The summed E-state index contributed by atoms with van der Waals surface area (Å²) in [6.45, 7) is 3.93. The SMILES string of the molecule is C=C/C=C\c1cc2nc(-c3ccc(C(=C(c4ccccc4)c4ccccc4)c4ccccc4)cc3)nn2cc1-c1ccc(C=C(c2ccccc2)c2ccccc2)cc1. The van der Waals surface area contributed by atoms with E-state index >= 15 is 0 Å². The number of hydrogen-bond donors (Lipinski definition) is 0. The summed E-state index contributed by atoms with van der Waals surface area (Å²) in [4.78, 5) is 5.03. The molecule has 0 saturated heterocycles. The van der Waals surface area contributed by atoms with Crippen LogP contribution in [-0.2, 0) is 0 Å². The topological polar surface area (TPSA) is 30.2 Å². The zero-order valence-electron chi connectivity index (χ0n) is 32.6. The third-order valence-electron chi connectivity index (χ3n) is 10.5. The monoisotopic (exact) mass is 755 g/mol. The summed E-state index contributed by atoms with van der Waals surface area (Å²) in [6.07, 6.45) is 10.2. The van der Waals surface area contributed by atoms with E-state index in [0.29, 0.717) is 5.82 Å². The minimum atomic E-state index is 0.666. The lowest BCUT2D eigenvalue weighted by atomic mass is 9.85. The van der Waals surface area contributed by atoms with Gasteiger partial charge in [0.25, 0.3) is 0 Å². The zero-order chi connectivity index (χ0) is 39.8. The number of hydrogen-bond acceptors (Lipinski definition) is 2. The highest BCUT2D eigenvalue weighted by molar-refractivity contribution is 6.04. The highest BCUT2D eigenvalue weighted by Gasteiger charge is 2.17. The van der Waals surface area contributed by atoms with Crippen molar-refractivity contribution in [2.45, 2.75) is 0 Å². The molecule has 0 unspecified atom stereocenters. The van der Waals surface area contributed by atoms with Crippen LogP contribution in [0.1, 0.15) is 44.5 Å². The Morgan fingerprint density at radius 1 is 0.475 bits per heavy atom. The van der Waals surface area contributed by atoms with E-state index in [1.807, 2.05) is 10.6 Å².